The molecular weight excluding hydrogens is 330 g/mol. The third-order valence-corrected chi connectivity index (χ3v) is 4.21. The fourth-order valence-electron chi connectivity index (χ4n) is 2.73. The average Bonchev–Trinajstić information content (AvgIpc) is 3.06. The van der Waals surface area contributed by atoms with Gasteiger partial charge in [-0.3, -0.25) is 9.59 Å². The van der Waals surface area contributed by atoms with Crippen LogP contribution in [0.1, 0.15) is 29.9 Å². The Labute approximate surface area is 152 Å². The molecule has 5 nitrogen and oxygen atoms in total. The van der Waals surface area contributed by atoms with Crippen molar-refractivity contribution in [1.82, 2.24) is 5.32 Å². The second-order valence-electron chi connectivity index (χ2n) is 6.24. The van der Waals surface area contributed by atoms with Crippen molar-refractivity contribution in [3.8, 4) is 0 Å². The van der Waals surface area contributed by atoms with E-state index in [9.17, 15) is 9.59 Å². The zero-order chi connectivity index (χ0) is 18.5. The molecule has 0 unspecified atom stereocenters. The Morgan fingerprint density at radius 1 is 1.12 bits per heavy atom. The van der Waals surface area contributed by atoms with Gasteiger partial charge in [-0.15, -0.1) is 0 Å². The summed E-state index contributed by atoms with van der Waals surface area (Å²) in [6, 6.07) is 16.8. The van der Waals surface area contributed by atoms with Gasteiger partial charge in [-0.05, 0) is 37.1 Å². The van der Waals surface area contributed by atoms with Crippen LogP contribution in [0.15, 0.2) is 59.0 Å². The van der Waals surface area contributed by atoms with E-state index in [0.29, 0.717) is 5.76 Å². The Hall–Kier alpha value is -3.08. The molecule has 0 spiro atoms. The first kappa shape index (κ1) is 17.7. The molecule has 0 saturated carbocycles. The number of benzene rings is 2. The van der Waals surface area contributed by atoms with Crippen LogP contribution in [0.2, 0.25) is 0 Å². The molecule has 5 heteroatoms. The maximum absolute atomic E-state index is 12.0. The average molecular weight is 351 g/mol. The summed E-state index contributed by atoms with van der Waals surface area (Å²) < 4.78 is 10.8. The maximum Gasteiger partial charge on any atom is 0.310 e. The third kappa shape index (κ3) is 4.30. The molecule has 0 radical (unpaired) electrons. The van der Waals surface area contributed by atoms with E-state index in [2.05, 4.69) is 5.32 Å². The monoisotopic (exact) mass is 351 g/mol. The van der Waals surface area contributed by atoms with Crippen molar-refractivity contribution >= 4 is 22.8 Å². The number of hydrogen-bond donors (Lipinski definition) is 1. The van der Waals surface area contributed by atoms with Gasteiger partial charge in [-0.1, -0.05) is 42.5 Å². The van der Waals surface area contributed by atoms with Gasteiger partial charge in [0, 0.05) is 5.39 Å². The summed E-state index contributed by atoms with van der Waals surface area (Å²) in [6.45, 7) is 3.45. The number of para-hydroxylation sites is 1. The zero-order valence-corrected chi connectivity index (χ0v) is 14.8. The predicted octanol–water partition coefficient (Wildman–Crippen LogP) is 3.70. The van der Waals surface area contributed by atoms with Crippen molar-refractivity contribution in [3.05, 3.63) is 71.5 Å². The van der Waals surface area contributed by atoms with Crippen LogP contribution in [0.25, 0.3) is 11.0 Å². The molecule has 0 aliphatic carbocycles. The van der Waals surface area contributed by atoms with Crippen LogP contribution in [0, 0.1) is 6.92 Å². The maximum atomic E-state index is 12.0. The predicted molar refractivity (Wildman–Crippen MR) is 98.6 cm³/mol. The second-order valence-corrected chi connectivity index (χ2v) is 6.24. The molecule has 2 aromatic carbocycles. The fraction of sp³-hybridized carbons (Fsp3) is 0.238. The number of hydrogen-bond acceptors (Lipinski definition) is 4. The molecule has 0 aliphatic rings. The summed E-state index contributed by atoms with van der Waals surface area (Å²) in [5, 5.41) is 3.76. The van der Waals surface area contributed by atoms with E-state index in [4.69, 9.17) is 9.15 Å². The van der Waals surface area contributed by atoms with Gasteiger partial charge in [0.1, 0.15) is 11.3 Å². The molecule has 3 aromatic rings. The Balaban J connectivity index is 1.50. The zero-order valence-electron chi connectivity index (χ0n) is 14.8. The van der Waals surface area contributed by atoms with Gasteiger partial charge in [0.05, 0.1) is 12.5 Å². The van der Waals surface area contributed by atoms with Gasteiger partial charge in [-0.25, -0.2) is 0 Å². The van der Waals surface area contributed by atoms with E-state index in [-0.39, 0.29) is 25.0 Å². The first-order valence-electron chi connectivity index (χ1n) is 8.51. The molecule has 1 aromatic heterocycles. The second kappa shape index (κ2) is 7.87. The van der Waals surface area contributed by atoms with Crippen LogP contribution in [0.5, 0.6) is 0 Å². The lowest BCUT2D eigenvalue weighted by Gasteiger charge is -2.12. The van der Waals surface area contributed by atoms with Crippen LogP contribution < -0.4 is 5.32 Å². The molecule has 26 heavy (non-hydrogen) atoms. The van der Waals surface area contributed by atoms with Gasteiger partial charge in [0.2, 0.25) is 0 Å². The van der Waals surface area contributed by atoms with Crippen molar-refractivity contribution in [1.29, 1.82) is 0 Å². The van der Waals surface area contributed by atoms with Crippen LogP contribution in [0.4, 0.5) is 0 Å². The number of carbonyl (C=O) groups excluding carboxylic acids is 2. The van der Waals surface area contributed by atoms with E-state index in [1.165, 1.54) is 0 Å². The van der Waals surface area contributed by atoms with Crippen LogP contribution in [0.3, 0.4) is 0 Å². The summed E-state index contributed by atoms with van der Waals surface area (Å²) in [4.78, 5) is 24.0. The number of nitrogens with one attached hydrogen (secondary N) is 1. The van der Waals surface area contributed by atoms with Gasteiger partial charge in [-0.2, -0.15) is 0 Å². The van der Waals surface area contributed by atoms with Crippen molar-refractivity contribution in [2.45, 2.75) is 26.3 Å². The smallest absolute Gasteiger partial charge is 0.310 e. The highest BCUT2D eigenvalue weighted by atomic mass is 16.5. The standard InChI is InChI=1S/C21H21NO4/c1-14-7-3-4-8-16(14)12-21(24)25-13-20(23)22-15(2)19-11-17-9-5-6-10-18(17)26-19/h3-11,15H,12-13H2,1-2H3,(H,22,23)/t15-/m1/s1. The largest absolute Gasteiger partial charge is 0.459 e. The van der Waals surface area contributed by atoms with E-state index in [1.807, 2.05) is 68.4 Å². The molecule has 1 atom stereocenters. The SMILES string of the molecule is Cc1ccccc1CC(=O)OCC(=O)N[C@H](C)c1cc2ccccc2o1. The molecule has 1 amide bonds. The Bertz CT molecular complexity index is 895. The summed E-state index contributed by atoms with van der Waals surface area (Å²) in [6.07, 6.45) is 0.152. The van der Waals surface area contributed by atoms with Gasteiger partial charge < -0.3 is 14.5 Å². The molecule has 0 bridgehead atoms. The van der Waals surface area contributed by atoms with Gasteiger partial charge >= 0.3 is 5.97 Å². The highest BCUT2D eigenvalue weighted by Crippen LogP contribution is 2.23. The normalized spacial score (nSPS) is 11.9. The van der Waals surface area contributed by atoms with Crippen molar-refractivity contribution in [2.24, 2.45) is 0 Å². The summed E-state index contributed by atoms with van der Waals surface area (Å²) in [7, 11) is 0. The van der Waals surface area contributed by atoms with E-state index in [0.717, 1.165) is 22.1 Å². The van der Waals surface area contributed by atoms with Crippen LogP contribution >= 0.6 is 0 Å². The number of fused-ring (bicyclic) bond motifs is 1. The fourth-order valence-corrected chi connectivity index (χ4v) is 2.73. The molecule has 0 saturated heterocycles. The first-order chi connectivity index (χ1) is 12.5. The number of furan rings is 1. The number of amides is 1. The highest BCUT2D eigenvalue weighted by molar-refractivity contribution is 5.82. The minimum Gasteiger partial charge on any atom is -0.459 e. The topological polar surface area (TPSA) is 68.5 Å². The minimum atomic E-state index is -0.425. The summed E-state index contributed by atoms with van der Waals surface area (Å²) in [5.41, 5.74) is 2.69. The molecule has 0 fully saturated rings. The first-order valence-corrected chi connectivity index (χ1v) is 8.51. The number of aryl methyl sites for hydroxylation is 1. The molecule has 1 heterocycles. The molecule has 134 valence electrons. The van der Waals surface area contributed by atoms with Gasteiger partial charge in [0.15, 0.2) is 6.61 Å². The minimum absolute atomic E-state index is 0.152. The Morgan fingerprint density at radius 3 is 2.62 bits per heavy atom. The Kier molecular flexibility index (Phi) is 5.37. The van der Waals surface area contributed by atoms with Crippen molar-refractivity contribution < 1.29 is 18.7 Å². The van der Waals surface area contributed by atoms with Crippen LogP contribution in [-0.2, 0) is 20.7 Å². The van der Waals surface area contributed by atoms with Crippen molar-refractivity contribution in [2.75, 3.05) is 6.61 Å². The number of esters is 1. The lowest BCUT2D eigenvalue weighted by molar-refractivity contribution is -0.148. The van der Waals surface area contributed by atoms with Gasteiger partial charge in [0.25, 0.3) is 5.91 Å². The molecule has 3 rings (SSSR count). The summed E-state index contributed by atoms with van der Waals surface area (Å²) >= 11 is 0. The van der Waals surface area contributed by atoms with E-state index >= 15 is 0 Å². The summed E-state index contributed by atoms with van der Waals surface area (Å²) in [5.74, 6) is -0.132. The lowest BCUT2D eigenvalue weighted by Crippen LogP contribution is -2.31. The third-order valence-electron chi connectivity index (χ3n) is 4.21. The quantitative estimate of drug-likeness (QED) is 0.688. The Morgan fingerprint density at radius 2 is 1.85 bits per heavy atom. The number of carbonyl (C=O) groups is 2. The van der Waals surface area contributed by atoms with Crippen molar-refractivity contribution in [3.63, 3.8) is 0 Å². The molecule has 1 N–H and O–H groups in total. The number of ether oxygens (including phenoxy) is 1. The van der Waals surface area contributed by atoms with Crippen LogP contribution in [-0.4, -0.2) is 18.5 Å². The molecule has 0 aliphatic heterocycles. The van der Waals surface area contributed by atoms with E-state index < -0.39 is 5.97 Å². The number of rotatable bonds is 6. The van der Waals surface area contributed by atoms with E-state index in [1.54, 1.807) is 0 Å². The molecular formula is C21H21NO4. The highest BCUT2D eigenvalue weighted by Gasteiger charge is 2.16. The lowest BCUT2D eigenvalue weighted by atomic mass is 10.1.